The van der Waals surface area contributed by atoms with Crippen LogP contribution in [0.25, 0.3) is 0 Å². The molecule has 1 N–H and O–H groups in total. The number of anilines is 1. The van der Waals surface area contributed by atoms with E-state index in [2.05, 4.69) is 5.32 Å². The van der Waals surface area contributed by atoms with Crippen molar-refractivity contribution in [2.75, 3.05) is 31.6 Å². The lowest BCUT2D eigenvalue weighted by atomic mass is 10.0. The number of sulfonamides is 1. The van der Waals surface area contributed by atoms with Crippen molar-refractivity contribution in [2.24, 2.45) is 0 Å². The molecule has 34 heavy (non-hydrogen) atoms. The van der Waals surface area contributed by atoms with E-state index in [1.165, 1.54) is 44.6 Å². The summed E-state index contributed by atoms with van der Waals surface area (Å²) in [5.41, 5.74) is 1.21. The molecule has 0 fully saturated rings. The zero-order valence-corrected chi connectivity index (χ0v) is 20.0. The number of hydrogen-bond donors (Lipinski definition) is 1. The standard InChI is InChI=1S/C25H27FN2O5S/c1-18(19-7-5-4-6-8-19)16-27-25(29)17-28(21-11-9-20(26)10-12-21)34(30,31)22-13-14-23(32-2)24(15-22)33-3/h4-15,18H,16-17H2,1-3H3,(H,27,29)/t18-/m0/s1. The van der Waals surface area contributed by atoms with Crippen molar-refractivity contribution in [3.8, 4) is 11.5 Å². The summed E-state index contributed by atoms with van der Waals surface area (Å²) in [6.45, 7) is 1.81. The van der Waals surface area contributed by atoms with Crippen LogP contribution in [-0.4, -0.2) is 41.6 Å². The molecule has 1 atom stereocenters. The van der Waals surface area contributed by atoms with E-state index in [0.29, 0.717) is 12.3 Å². The van der Waals surface area contributed by atoms with Crippen molar-refractivity contribution in [2.45, 2.75) is 17.7 Å². The van der Waals surface area contributed by atoms with Crippen LogP contribution >= 0.6 is 0 Å². The second-order valence-electron chi connectivity index (χ2n) is 7.62. The minimum absolute atomic E-state index is 0.0341. The van der Waals surface area contributed by atoms with Crippen LogP contribution in [0.2, 0.25) is 0 Å². The van der Waals surface area contributed by atoms with Gasteiger partial charge in [0.05, 0.1) is 24.8 Å². The molecule has 0 bridgehead atoms. The number of ether oxygens (including phenoxy) is 2. The summed E-state index contributed by atoms with van der Waals surface area (Å²) < 4.78 is 51.9. The molecule has 1 amide bonds. The summed E-state index contributed by atoms with van der Waals surface area (Å²) in [7, 11) is -1.36. The number of halogens is 1. The highest BCUT2D eigenvalue weighted by Gasteiger charge is 2.28. The SMILES string of the molecule is COc1ccc(S(=O)(=O)N(CC(=O)NC[C@H](C)c2ccccc2)c2ccc(F)cc2)cc1OC. The van der Waals surface area contributed by atoms with Crippen molar-refractivity contribution in [1.82, 2.24) is 5.32 Å². The van der Waals surface area contributed by atoms with E-state index in [1.54, 1.807) is 0 Å². The smallest absolute Gasteiger partial charge is 0.264 e. The summed E-state index contributed by atoms with van der Waals surface area (Å²) in [4.78, 5) is 12.7. The van der Waals surface area contributed by atoms with E-state index in [-0.39, 0.29) is 22.3 Å². The van der Waals surface area contributed by atoms with E-state index < -0.39 is 28.3 Å². The van der Waals surface area contributed by atoms with E-state index in [9.17, 15) is 17.6 Å². The van der Waals surface area contributed by atoms with Gasteiger partial charge in [-0.25, -0.2) is 12.8 Å². The van der Waals surface area contributed by atoms with Crippen molar-refractivity contribution < 1.29 is 27.1 Å². The predicted molar refractivity (Wildman–Crippen MR) is 128 cm³/mol. The highest BCUT2D eigenvalue weighted by molar-refractivity contribution is 7.92. The molecule has 0 aliphatic heterocycles. The topological polar surface area (TPSA) is 84.9 Å². The van der Waals surface area contributed by atoms with Gasteiger partial charge in [0.15, 0.2) is 11.5 Å². The van der Waals surface area contributed by atoms with Gasteiger partial charge in [0.25, 0.3) is 10.0 Å². The van der Waals surface area contributed by atoms with Crippen LogP contribution in [0.3, 0.4) is 0 Å². The molecular formula is C25H27FN2O5S. The molecule has 0 aliphatic rings. The average Bonchev–Trinajstić information content (AvgIpc) is 2.86. The van der Waals surface area contributed by atoms with Gasteiger partial charge in [-0.15, -0.1) is 0 Å². The highest BCUT2D eigenvalue weighted by Crippen LogP contribution is 2.32. The number of amides is 1. The molecule has 9 heteroatoms. The molecule has 0 saturated heterocycles. The molecule has 0 radical (unpaired) electrons. The van der Waals surface area contributed by atoms with Crippen molar-refractivity contribution in [1.29, 1.82) is 0 Å². The van der Waals surface area contributed by atoms with Gasteiger partial charge in [-0.2, -0.15) is 0 Å². The van der Waals surface area contributed by atoms with Gasteiger partial charge < -0.3 is 14.8 Å². The Hall–Kier alpha value is -3.59. The average molecular weight is 487 g/mol. The van der Waals surface area contributed by atoms with Crippen LogP contribution in [0.15, 0.2) is 77.7 Å². The molecule has 0 heterocycles. The van der Waals surface area contributed by atoms with E-state index >= 15 is 0 Å². The molecule has 3 rings (SSSR count). The molecule has 0 unspecified atom stereocenters. The third kappa shape index (κ3) is 5.85. The number of methoxy groups -OCH3 is 2. The van der Waals surface area contributed by atoms with Gasteiger partial charge >= 0.3 is 0 Å². The van der Waals surface area contributed by atoms with Gasteiger partial charge in [-0.05, 0) is 47.9 Å². The first-order chi connectivity index (χ1) is 16.3. The predicted octanol–water partition coefficient (Wildman–Crippen LogP) is 3.96. The molecule has 0 aromatic heterocycles. The molecule has 0 spiro atoms. The van der Waals surface area contributed by atoms with Gasteiger partial charge in [0.2, 0.25) is 5.91 Å². The Morgan fingerprint density at radius 3 is 2.24 bits per heavy atom. The second kappa shape index (κ2) is 11.0. The van der Waals surface area contributed by atoms with Gasteiger partial charge in [-0.3, -0.25) is 9.10 Å². The number of benzene rings is 3. The summed E-state index contributed by atoms with van der Waals surface area (Å²) in [6.07, 6.45) is 0. The third-order valence-electron chi connectivity index (χ3n) is 5.32. The van der Waals surface area contributed by atoms with Crippen LogP contribution < -0.4 is 19.1 Å². The van der Waals surface area contributed by atoms with E-state index in [0.717, 1.165) is 22.0 Å². The largest absolute Gasteiger partial charge is 0.493 e. The normalized spacial score (nSPS) is 12.0. The first kappa shape index (κ1) is 25.0. The minimum atomic E-state index is -4.20. The minimum Gasteiger partial charge on any atom is -0.493 e. The summed E-state index contributed by atoms with van der Waals surface area (Å²) in [5, 5.41) is 2.79. The monoisotopic (exact) mass is 486 g/mol. The fourth-order valence-electron chi connectivity index (χ4n) is 3.38. The molecule has 0 aliphatic carbocycles. The lowest BCUT2D eigenvalue weighted by molar-refractivity contribution is -0.119. The summed E-state index contributed by atoms with van der Waals surface area (Å²) in [6, 6.07) is 18.7. The quantitative estimate of drug-likeness (QED) is 0.469. The molecule has 3 aromatic rings. The Morgan fingerprint density at radius 1 is 0.971 bits per heavy atom. The molecule has 180 valence electrons. The van der Waals surface area contributed by atoms with Crippen molar-refractivity contribution in [3.63, 3.8) is 0 Å². The summed E-state index contributed by atoms with van der Waals surface area (Å²) in [5.74, 6) is -0.386. The lowest BCUT2D eigenvalue weighted by Crippen LogP contribution is -2.41. The number of rotatable bonds is 10. The maximum atomic E-state index is 13.5. The Kier molecular flexibility index (Phi) is 8.12. The lowest BCUT2D eigenvalue weighted by Gasteiger charge is -2.25. The van der Waals surface area contributed by atoms with E-state index in [4.69, 9.17) is 9.47 Å². The van der Waals surface area contributed by atoms with Crippen LogP contribution in [0.4, 0.5) is 10.1 Å². The Balaban J connectivity index is 1.87. The zero-order chi connectivity index (χ0) is 24.7. The number of carbonyl (C=O) groups excluding carboxylic acids is 1. The first-order valence-electron chi connectivity index (χ1n) is 10.6. The third-order valence-corrected chi connectivity index (χ3v) is 7.09. The van der Waals surface area contributed by atoms with Crippen molar-refractivity contribution >= 4 is 21.6 Å². The van der Waals surface area contributed by atoms with Crippen LogP contribution in [0, 0.1) is 5.82 Å². The Bertz CT molecular complexity index is 1220. The molecular weight excluding hydrogens is 459 g/mol. The highest BCUT2D eigenvalue weighted by atomic mass is 32.2. The van der Waals surface area contributed by atoms with Gasteiger partial charge in [0, 0.05) is 12.6 Å². The molecule has 0 saturated carbocycles. The maximum absolute atomic E-state index is 13.5. The number of hydrogen-bond acceptors (Lipinski definition) is 5. The Labute approximate surface area is 199 Å². The van der Waals surface area contributed by atoms with Gasteiger partial charge in [-0.1, -0.05) is 37.3 Å². The Morgan fingerprint density at radius 2 is 1.62 bits per heavy atom. The number of nitrogens with one attached hydrogen (secondary N) is 1. The first-order valence-corrected chi connectivity index (χ1v) is 12.0. The summed E-state index contributed by atoms with van der Waals surface area (Å²) >= 11 is 0. The number of carbonyl (C=O) groups is 1. The van der Waals surface area contributed by atoms with Crippen LogP contribution in [0.1, 0.15) is 18.4 Å². The number of nitrogens with zero attached hydrogens (tertiary/aromatic N) is 1. The maximum Gasteiger partial charge on any atom is 0.264 e. The van der Waals surface area contributed by atoms with Crippen LogP contribution in [0.5, 0.6) is 11.5 Å². The van der Waals surface area contributed by atoms with Crippen molar-refractivity contribution in [3.05, 3.63) is 84.2 Å². The zero-order valence-electron chi connectivity index (χ0n) is 19.2. The second-order valence-corrected chi connectivity index (χ2v) is 9.48. The van der Waals surface area contributed by atoms with Crippen LogP contribution in [-0.2, 0) is 14.8 Å². The van der Waals surface area contributed by atoms with E-state index in [1.807, 2.05) is 37.3 Å². The molecule has 7 nitrogen and oxygen atoms in total. The fourth-order valence-corrected chi connectivity index (χ4v) is 4.82. The van der Waals surface area contributed by atoms with Gasteiger partial charge in [0.1, 0.15) is 12.4 Å². The molecule has 3 aromatic carbocycles. The fraction of sp³-hybridized carbons (Fsp3) is 0.240.